The molecule has 0 unspecified atom stereocenters. The molecular formula is C9H17N5OS. The molecule has 1 heterocycles. The summed E-state index contributed by atoms with van der Waals surface area (Å²) in [7, 11) is 0. The van der Waals surface area contributed by atoms with Gasteiger partial charge < -0.3 is 16.0 Å². The van der Waals surface area contributed by atoms with Crippen molar-refractivity contribution >= 4 is 28.5 Å². The first-order valence-corrected chi connectivity index (χ1v) is 5.93. The van der Waals surface area contributed by atoms with E-state index >= 15 is 0 Å². The molecule has 0 saturated heterocycles. The van der Waals surface area contributed by atoms with Crippen LogP contribution in [0.1, 0.15) is 20.8 Å². The topological polar surface area (TPSA) is 84.1 Å². The molecule has 0 fully saturated rings. The van der Waals surface area contributed by atoms with Crippen LogP contribution in [0.25, 0.3) is 0 Å². The van der Waals surface area contributed by atoms with Crippen LogP contribution >= 0.6 is 11.5 Å². The number of nitrogens with zero attached hydrogens (tertiary/aromatic N) is 3. The van der Waals surface area contributed by atoms with Gasteiger partial charge in [0.05, 0.1) is 6.54 Å². The Morgan fingerprint density at radius 2 is 2.31 bits per heavy atom. The van der Waals surface area contributed by atoms with Crippen LogP contribution in [0.15, 0.2) is 0 Å². The number of nitrogens with two attached hydrogens (primary N) is 1. The van der Waals surface area contributed by atoms with E-state index in [1.165, 1.54) is 11.5 Å². The second-order valence-electron chi connectivity index (χ2n) is 3.67. The molecule has 0 aliphatic heterocycles. The van der Waals surface area contributed by atoms with Gasteiger partial charge in [0.1, 0.15) is 0 Å². The van der Waals surface area contributed by atoms with E-state index < -0.39 is 0 Å². The Hall–Kier alpha value is -1.37. The minimum Gasteiger partial charge on any atom is -0.367 e. The molecule has 0 aliphatic carbocycles. The lowest BCUT2D eigenvalue weighted by molar-refractivity contribution is -0.120. The van der Waals surface area contributed by atoms with E-state index in [1.54, 1.807) is 0 Å². The van der Waals surface area contributed by atoms with Crippen molar-refractivity contribution in [3.05, 3.63) is 0 Å². The zero-order valence-corrected chi connectivity index (χ0v) is 10.5. The van der Waals surface area contributed by atoms with Gasteiger partial charge in [0.2, 0.25) is 17.0 Å². The molecular weight excluding hydrogens is 226 g/mol. The van der Waals surface area contributed by atoms with E-state index in [0.717, 1.165) is 0 Å². The third-order valence-electron chi connectivity index (χ3n) is 1.87. The molecule has 3 N–H and O–H groups in total. The molecule has 6 nitrogen and oxygen atoms in total. The monoisotopic (exact) mass is 243 g/mol. The van der Waals surface area contributed by atoms with Crippen LogP contribution in [-0.2, 0) is 4.79 Å². The van der Waals surface area contributed by atoms with Crippen molar-refractivity contribution in [3.63, 3.8) is 0 Å². The second-order valence-corrected chi connectivity index (χ2v) is 4.40. The van der Waals surface area contributed by atoms with E-state index in [1.807, 2.05) is 25.7 Å². The Balaban J connectivity index is 2.59. The molecule has 0 radical (unpaired) electrons. The highest BCUT2D eigenvalue weighted by Gasteiger charge is 2.14. The number of likely N-dealkylation sites (N-methyl/N-ethyl adjacent to an activating group) is 1. The fourth-order valence-corrected chi connectivity index (χ4v) is 1.87. The van der Waals surface area contributed by atoms with Gasteiger partial charge in [-0.15, -0.1) is 0 Å². The van der Waals surface area contributed by atoms with Gasteiger partial charge in [-0.2, -0.15) is 9.36 Å². The molecule has 16 heavy (non-hydrogen) atoms. The normalized spacial score (nSPS) is 10.5. The molecule has 0 bridgehead atoms. The van der Waals surface area contributed by atoms with Gasteiger partial charge in [-0.1, -0.05) is 0 Å². The standard InChI is InChI=1S/C9H17N5OS/c1-4-14(5-7(15)11-6(2)3)9-12-8(10)13-16-9/h6H,4-5H2,1-3H3,(H2,10,13)(H,11,15). The molecule has 1 aromatic rings. The van der Waals surface area contributed by atoms with Crippen LogP contribution in [-0.4, -0.2) is 34.4 Å². The van der Waals surface area contributed by atoms with Gasteiger partial charge in [0.15, 0.2) is 0 Å². The molecule has 1 amide bonds. The summed E-state index contributed by atoms with van der Waals surface area (Å²) in [4.78, 5) is 17.5. The number of hydrogen-bond acceptors (Lipinski definition) is 6. The predicted molar refractivity (Wildman–Crippen MR) is 65.5 cm³/mol. The van der Waals surface area contributed by atoms with Crippen LogP contribution in [0.3, 0.4) is 0 Å². The summed E-state index contributed by atoms with van der Waals surface area (Å²) in [5, 5.41) is 3.51. The van der Waals surface area contributed by atoms with Gasteiger partial charge in [0.25, 0.3) is 0 Å². The number of hydrogen-bond donors (Lipinski definition) is 2. The van der Waals surface area contributed by atoms with Crippen LogP contribution < -0.4 is 16.0 Å². The SMILES string of the molecule is CCN(CC(=O)NC(C)C)c1nc(N)ns1. The lowest BCUT2D eigenvalue weighted by Crippen LogP contribution is -2.40. The zero-order chi connectivity index (χ0) is 12.1. The maximum atomic E-state index is 11.6. The van der Waals surface area contributed by atoms with E-state index in [0.29, 0.717) is 11.7 Å². The minimum atomic E-state index is -0.0226. The summed E-state index contributed by atoms with van der Waals surface area (Å²) < 4.78 is 3.89. The summed E-state index contributed by atoms with van der Waals surface area (Å²) in [5.41, 5.74) is 5.44. The third kappa shape index (κ3) is 3.65. The first-order chi connectivity index (χ1) is 7.52. The Bertz CT molecular complexity index is 351. The van der Waals surface area contributed by atoms with E-state index in [-0.39, 0.29) is 24.4 Å². The third-order valence-corrected chi connectivity index (χ3v) is 2.66. The number of aromatic nitrogens is 2. The van der Waals surface area contributed by atoms with Gasteiger partial charge in [-0.25, -0.2) is 0 Å². The zero-order valence-electron chi connectivity index (χ0n) is 9.73. The average Bonchev–Trinajstić information content (AvgIpc) is 2.60. The summed E-state index contributed by atoms with van der Waals surface area (Å²) >= 11 is 1.20. The smallest absolute Gasteiger partial charge is 0.239 e. The summed E-state index contributed by atoms with van der Waals surface area (Å²) in [6, 6.07) is 0.144. The molecule has 1 rings (SSSR count). The van der Waals surface area contributed by atoms with Crippen molar-refractivity contribution in [2.45, 2.75) is 26.8 Å². The van der Waals surface area contributed by atoms with E-state index in [9.17, 15) is 4.79 Å². The van der Waals surface area contributed by atoms with E-state index in [2.05, 4.69) is 14.7 Å². The summed E-state index contributed by atoms with van der Waals surface area (Å²) in [5.74, 6) is 0.230. The Morgan fingerprint density at radius 1 is 1.62 bits per heavy atom. The number of amides is 1. The molecule has 1 aromatic heterocycles. The average molecular weight is 243 g/mol. The highest BCUT2D eigenvalue weighted by Crippen LogP contribution is 2.17. The Kier molecular flexibility index (Phi) is 4.48. The van der Waals surface area contributed by atoms with E-state index in [4.69, 9.17) is 5.73 Å². The fraction of sp³-hybridized carbons (Fsp3) is 0.667. The maximum Gasteiger partial charge on any atom is 0.239 e. The lowest BCUT2D eigenvalue weighted by Gasteiger charge is -2.19. The molecule has 90 valence electrons. The van der Waals surface area contributed by atoms with Crippen LogP contribution in [0.5, 0.6) is 0 Å². The van der Waals surface area contributed by atoms with Crippen molar-refractivity contribution in [3.8, 4) is 0 Å². The quantitative estimate of drug-likeness (QED) is 0.785. The van der Waals surface area contributed by atoms with Gasteiger partial charge in [-0.3, -0.25) is 4.79 Å². The van der Waals surface area contributed by atoms with Crippen LogP contribution in [0, 0.1) is 0 Å². The highest BCUT2D eigenvalue weighted by atomic mass is 32.1. The van der Waals surface area contributed by atoms with Crippen molar-refractivity contribution in [2.24, 2.45) is 0 Å². The van der Waals surface area contributed by atoms with Crippen LogP contribution in [0.4, 0.5) is 11.1 Å². The number of nitrogen functional groups attached to an aromatic ring is 1. The molecule has 0 saturated carbocycles. The highest BCUT2D eigenvalue weighted by molar-refractivity contribution is 7.09. The number of carbonyl (C=O) groups is 1. The van der Waals surface area contributed by atoms with Crippen molar-refractivity contribution in [2.75, 3.05) is 23.7 Å². The number of rotatable bonds is 5. The summed E-state index contributed by atoms with van der Waals surface area (Å²) in [6.07, 6.45) is 0. The lowest BCUT2D eigenvalue weighted by atomic mass is 10.4. The minimum absolute atomic E-state index is 0.0226. The van der Waals surface area contributed by atoms with Gasteiger partial charge in [0, 0.05) is 24.1 Å². The number of carbonyl (C=O) groups excluding carboxylic acids is 1. The van der Waals surface area contributed by atoms with Gasteiger partial charge >= 0.3 is 0 Å². The Labute approximate surface area is 99.0 Å². The molecule has 7 heteroatoms. The first-order valence-electron chi connectivity index (χ1n) is 5.16. The predicted octanol–water partition coefficient (Wildman–Crippen LogP) is 0.471. The summed E-state index contributed by atoms with van der Waals surface area (Å²) in [6.45, 7) is 6.79. The number of nitrogens with one attached hydrogen (secondary N) is 1. The van der Waals surface area contributed by atoms with Crippen molar-refractivity contribution < 1.29 is 4.79 Å². The maximum absolute atomic E-state index is 11.6. The van der Waals surface area contributed by atoms with Crippen molar-refractivity contribution in [1.82, 2.24) is 14.7 Å². The number of anilines is 2. The molecule has 0 spiro atoms. The molecule has 0 aromatic carbocycles. The molecule has 0 atom stereocenters. The van der Waals surface area contributed by atoms with Gasteiger partial charge in [-0.05, 0) is 20.8 Å². The van der Waals surface area contributed by atoms with Crippen LogP contribution in [0.2, 0.25) is 0 Å². The Morgan fingerprint density at radius 3 is 2.75 bits per heavy atom. The molecule has 0 aliphatic rings. The van der Waals surface area contributed by atoms with Crippen molar-refractivity contribution in [1.29, 1.82) is 0 Å². The fourth-order valence-electron chi connectivity index (χ4n) is 1.21. The largest absolute Gasteiger partial charge is 0.367 e. The first kappa shape index (κ1) is 12.7. The second kappa shape index (κ2) is 5.64.